The van der Waals surface area contributed by atoms with Crippen LogP contribution in [0.2, 0.25) is 0 Å². The average Bonchev–Trinajstić information content (AvgIpc) is 1.62. The molecule has 726 valence electrons. The Hall–Kier alpha value is -5.03. The summed E-state index contributed by atoms with van der Waals surface area (Å²) >= 11 is 18.0. The van der Waals surface area contributed by atoms with E-state index in [1.165, 1.54) is 349 Å². The molecule has 5 unspecified atom stereocenters. The lowest BCUT2D eigenvalue weighted by Gasteiger charge is -2.33. The van der Waals surface area contributed by atoms with Crippen LogP contribution in [0.15, 0.2) is 56.1 Å². The number of thiophene rings is 5. The Labute approximate surface area is 839 Å². The van der Waals surface area contributed by atoms with Crippen molar-refractivity contribution in [2.24, 2.45) is 23.2 Å². The molecule has 15 heterocycles. The highest BCUT2D eigenvalue weighted by Gasteiger charge is 2.35. The molecule has 10 aromatic heterocycles. The standard InChI is InChI=1S/C24H30N4S2.C22H34N4S2.C20H30N4S2.2C19H28N4S2/c25-22-21-19-11-10-18(17-8-3-1-4-9-17)16-20(19)30-23(21)27-24(26-22)29-15-7-14-28-12-5-2-6-13-28;1-22(2,3)15-8-9-16-17(14-15)28-20-18(16)19(23)24-21(25-20)27-13-7-12-26-10-5-4-6-11-26;1-2-14-7-8-15-16(13-14)26-19-17(15)18(21)22-20(23-19)25-12-6-11-24-9-4-3-5-10-24;1-13-6-7-14-15(12-13)25-18-16(14)17(20)21-19(22-18)24-11-5-10-23-8-3-2-4-9-23;1-13-7-5-8-14-15(13)16-17(20)21-19(22-18(16)25-14)24-12-6-11-23-9-3-2-4-10-23/h1,3-4,8-9,18H,2,5-7,10-16H2,(H2,25,26,27);15H,4-14H2,1-3H3,(H2,23,24,25);14H,2-13H2,1H3,(H2,21,22,23);2*13H,2-12H2,1H3,(H2,20,21,22). The van der Waals surface area contributed by atoms with Gasteiger partial charge in [-0.15, -0.1) is 56.7 Å². The number of nitrogens with zero attached hydrogens (tertiary/aromatic N) is 15. The minimum absolute atomic E-state index is 0.362. The summed E-state index contributed by atoms with van der Waals surface area (Å²) in [6.07, 6.45) is 45.7. The maximum Gasteiger partial charge on any atom is 0.190 e. The second kappa shape index (κ2) is 49.1. The molecule has 5 atom stereocenters. The van der Waals surface area contributed by atoms with E-state index >= 15 is 0 Å². The first-order chi connectivity index (χ1) is 65.4. The molecule has 0 bridgehead atoms. The summed E-state index contributed by atoms with van der Waals surface area (Å²) < 4.78 is 0. The van der Waals surface area contributed by atoms with Crippen LogP contribution in [-0.2, 0) is 57.8 Å². The number of rotatable bonds is 27. The summed E-state index contributed by atoms with van der Waals surface area (Å²) in [4.78, 5) is 73.4. The van der Waals surface area contributed by atoms with Crippen molar-refractivity contribution in [3.05, 3.63) is 88.1 Å². The third-order valence-corrected chi connectivity index (χ3v) is 40.2. The summed E-state index contributed by atoms with van der Waals surface area (Å²) in [6.45, 7) is 32.8. The maximum absolute atomic E-state index is 6.43. The third-order valence-electron chi connectivity index (χ3n) is 29.8. The maximum atomic E-state index is 6.43. The van der Waals surface area contributed by atoms with Crippen LogP contribution in [-0.4, -0.2) is 201 Å². The van der Waals surface area contributed by atoms with Gasteiger partial charge in [0.15, 0.2) is 25.8 Å². The van der Waals surface area contributed by atoms with Crippen molar-refractivity contribution in [3.8, 4) is 0 Å². The van der Waals surface area contributed by atoms with Gasteiger partial charge in [0.1, 0.15) is 53.2 Å². The average molecular weight is 2000 g/mol. The highest BCUT2D eigenvalue weighted by Crippen LogP contribution is 2.49. The van der Waals surface area contributed by atoms with E-state index < -0.39 is 0 Å². The van der Waals surface area contributed by atoms with Gasteiger partial charge in [-0.3, -0.25) is 0 Å². The Morgan fingerprint density at radius 3 is 1.03 bits per heavy atom. The molecule has 5 aliphatic heterocycles. The molecule has 0 saturated carbocycles. The van der Waals surface area contributed by atoms with E-state index in [9.17, 15) is 0 Å². The van der Waals surface area contributed by atoms with Crippen molar-refractivity contribution in [2.45, 2.75) is 310 Å². The number of anilines is 5. The van der Waals surface area contributed by atoms with Gasteiger partial charge in [-0.2, -0.15) is 0 Å². The molecule has 134 heavy (non-hydrogen) atoms. The molecular weight excluding hydrogens is 1850 g/mol. The summed E-state index contributed by atoms with van der Waals surface area (Å²) in [6, 6.07) is 10.9. The minimum Gasteiger partial charge on any atom is -0.383 e. The van der Waals surface area contributed by atoms with Crippen molar-refractivity contribution >= 4 is 196 Å². The van der Waals surface area contributed by atoms with Gasteiger partial charge in [-0.05, 0) is 359 Å². The van der Waals surface area contributed by atoms with E-state index in [-0.39, 0.29) is 0 Å². The van der Waals surface area contributed by atoms with Crippen LogP contribution in [0.3, 0.4) is 0 Å². The van der Waals surface area contributed by atoms with Crippen molar-refractivity contribution < 1.29 is 0 Å². The Morgan fingerprint density at radius 2 is 0.657 bits per heavy atom. The monoisotopic (exact) mass is 2000 g/mol. The topological polar surface area (TPSA) is 275 Å². The summed E-state index contributed by atoms with van der Waals surface area (Å²) in [5.74, 6) is 12.3. The number of aromatic nitrogens is 10. The van der Waals surface area contributed by atoms with E-state index in [0.29, 0.717) is 46.3 Å². The van der Waals surface area contributed by atoms with Gasteiger partial charge in [0, 0.05) is 53.2 Å². The van der Waals surface area contributed by atoms with E-state index in [0.717, 1.165) is 162 Å². The number of hydrogen-bond acceptors (Lipinski definition) is 30. The quantitative estimate of drug-likeness (QED) is 0.0182. The molecule has 1 aromatic carbocycles. The van der Waals surface area contributed by atoms with Gasteiger partial charge in [-0.25, -0.2) is 49.8 Å². The molecule has 10 N–H and O–H groups in total. The number of fused-ring (bicyclic) bond motifs is 15. The van der Waals surface area contributed by atoms with Gasteiger partial charge in [0.05, 0.1) is 26.9 Å². The molecule has 0 spiro atoms. The highest BCUT2D eigenvalue weighted by atomic mass is 32.2. The van der Waals surface area contributed by atoms with Crippen LogP contribution in [0.4, 0.5) is 29.1 Å². The predicted octanol–water partition coefficient (Wildman–Crippen LogP) is 24.7. The predicted molar refractivity (Wildman–Crippen MR) is 582 cm³/mol. The largest absolute Gasteiger partial charge is 0.383 e. The van der Waals surface area contributed by atoms with Crippen LogP contribution in [0.25, 0.3) is 51.1 Å². The van der Waals surface area contributed by atoms with Crippen LogP contribution >= 0.6 is 115 Å². The number of nitrogens with two attached hydrogens (primary N) is 5. The molecule has 20 nitrogen and oxygen atoms in total. The van der Waals surface area contributed by atoms with E-state index in [1.807, 2.05) is 56.7 Å². The van der Waals surface area contributed by atoms with Crippen LogP contribution in [0, 0.1) is 23.2 Å². The number of piperidine rings is 5. The Balaban J connectivity index is 0.000000117. The van der Waals surface area contributed by atoms with Gasteiger partial charge < -0.3 is 53.2 Å². The Bertz CT molecular complexity index is 5620. The fourth-order valence-corrected chi connectivity index (χ4v) is 32.9. The third kappa shape index (κ3) is 26.5. The summed E-state index contributed by atoms with van der Waals surface area (Å²) in [5.41, 5.74) is 40.8. The van der Waals surface area contributed by atoms with Crippen LogP contribution < -0.4 is 28.7 Å². The van der Waals surface area contributed by atoms with Gasteiger partial charge in [-0.1, -0.05) is 169 Å². The lowest BCUT2D eigenvalue weighted by atomic mass is 9.72. The molecular formula is C104H150N20S10. The fraction of sp³-hybridized carbons (Fsp3) is 0.654. The van der Waals surface area contributed by atoms with E-state index in [1.54, 1.807) is 58.8 Å². The lowest BCUT2D eigenvalue weighted by molar-refractivity contribution is 0.218. The Morgan fingerprint density at radius 1 is 0.336 bits per heavy atom. The van der Waals surface area contributed by atoms with Gasteiger partial charge in [0.2, 0.25) is 0 Å². The number of nitrogen functional groups attached to an aromatic ring is 5. The molecule has 21 rings (SSSR count). The second-order valence-corrected chi connectivity index (χ2v) is 51.4. The molecule has 0 amide bonds. The van der Waals surface area contributed by atoms with Crippen molar-refractivity contribution in [2.75, 3.05) is 156 Å². The zero-order valence-corrected chi connectivity index (χ0v) is 89.2. The lowest BCUT2D eigenvalue weighted by Crippen LogP contribution is -2.30. The molecule has 10 aliphatic rings. The Kier molecular flexibility index (Phi) is 36.8. The zero-order valence-electron chi connectivity index (χ0n) is 81.0. The minimum atomic E-state index is 0.362. The zero-order chi connectivity index (χ0) is 92.4. The molecule has 11 aromatic rings. The molecule has 5 aliphatic carbocycles. The first kappa shape index (κ1) is 100. The molecule has 5 saturated heterocycles. The van der Waals surface area contributed by atoms with Crippen LogP contribution in [0.1, 0.15) is 285 Å². The number of aryl methyl sites for hydroxylation is 5. The number of hydrogen-bond donors (Lipinski definition) is 5. The number of benzene rings is 1. The summed E-state index contributed by atoms with van der Waals surface area (Å²) in [5, 5.41) is 9.98. The van der Waals surface area contributed by atoms with E-state index in [2.05, 4.69) is 121 Å². The van der Waals surface area contributed by atoms with Gasteiger partial charge >= 0.3 is 0 Å². The normalized spacial score (nSPS) is 21.0. The fourth-order valence-electron chi connectivity index (χ4n) is 22.1. The van der Waals surface area contributed by atoms with Crippen LogP contribution in [0.5, 0.6) is 0 Å². The molecule has 0 radical (unpaired) electrons. The molecule has 30 heteroatoms. The first-order valence-electron chi connectivity index (χ1n) is 51.6. The van der Waals surface area contributed by atoms with E-state index in [4.69, 9.17) is 53.6 Å². The number of thioether (sulfide) groups is 5. The first-order valence-corrected chi connectivity index (χ1v) is 60.6. The molecule has 5 fully saturated rings. The highest BCUT2D eigenvalue weighted by molar-refractivity contribution is 8.00. The van der Waals surface area contributed by atoms with Crippen molar-refractivity contribution in [1.29, 1.82) is 0 Å². The van der Waals surface area contributed by atoms with Crippen molar-refractivity contribution in [1.82, 2.24) is 74.3 Å². The van der Waals surface area contributed by atoms with Crippen molar-refractivity contribution in [3.63, 3.8) is 0 Å². The van der Waals surface area contributed by atoms with Gasteiger partial charge in [0.25, 0.3) is 0 Å². The number of likely N-dealkylation sites (tertiary alicyclic amines) is 5. The summed E-state index contributed by atoms with van der Waals surface area (Å²) in [7, 11) is 0. The smallest absolute Gasteiger partial charge is 0.190 e. The second-order valence-electron chi connectivity index (χ2n) is 40.6. The SMILES string of the molecule is CC(C)(C)C1CCc2c(sc3nc(SCCCN4CCCCC4)nc(N)c23)C1.CC1CCCc2sc3nc(SCCCN4CCCCC4)nc(N)c3c21.CC1CCc2c(sc3nc(SCCCN4CCCCC4)nc(N)c23)C1.CCC1CCc2c(sc3nc(SCCCN4CCCCC4)nc(N)c23)C1.Nc1nc(SCCCN2CCCCC2)nc2sc3c(c12)CCC(c1ccccc1)C3.